The van der Waals surface area contributed by atoms with Crippen LogP contribution >= 0.6 is 0 Å². The number of hydrogen-bond acceptors (Lipinski definition) is 4. The van der Waals surface area contributed by atoms with E-state index in [2.05, 4.69) is 15.1 Å². The highest BCUT2D eigenvalue weighted by atomic mass is 16.4. The number of hydrogen-bond donors (Lipinski definition) is 1. The van der Waals surface area contributed by atoms with Gasteiger partial charge in [-0.05, 0) is 19.1 Å². The van der Waals surface area contributed by atoms with E-state index in [0.29, 0.717) is 11.6 Å². The van der Waals surface area contributed by atoms with Crippen molar-refractivity contribution in [1.82, 2.24) is 19.7 Å². The van der Waals surface area contributed by atoms with Crippen molar-refractivity contribution >= 4 is 5.97 Å². The zero-order valence-electron chi connectivity index (χ0n) is 7.95. The van der Waals surface area contributed by atoms with Crippen LogP contribution in [0.2, 0.25) is 0 Å². The molecule has 0 bridgehead atoms. The second kappa shape index (κ2) is 3.49. The third-order valence-corrected chi connectivity index (χ3v) is 1.85. The first-order valence-corrected chi connectivity index (χ1v) is 4.26. The van der Waals surface area contributed by atoms with Gasteiger partial charge in [0.25, 0.3) is 5.95 Å². The molecule has 0 fully saturated rings. The summed E-state index contributed by atoms with van der Waals surface area (Å²) in [5.74, 6) is -0.699. The SMILES string of the molecule is Cc1cc(C(=O)O)nn1-c1ncccn1. The second-order valence-corrected chi connectivity index (χ2v) is 2.94. The first-order valence-electron chi connectivity index (χ1n) is 4.26. The third kappa shape index (κ3) is 1.69. The normalized spacial score (nSPS) is 10.2. The van der Waals surface area contributed by atoms with Crippen LogP contribution in [0.4, 0.5) is 0 Å². The van der Waals surface area contributed by atoms with E-state index < -0.39 is 5.97 Å². The van der Waals surface area contributed by atoms with Crippen molar-refractivity contribution in [2.24, 2.45) is 0 Å². The summed E-state index contributed by atoms with van der Waals surface area (Å²) in [7, 11) is 0. The van der Waals surface area contributed by atoms with Crippen molar-refractivity contribution in [2.45, 2.75) is 6.92 Å². The molecule has 0 aliphatic carbocycles. The lowest BCUT2D eigenvalue weighted by Gasteiger charge is -1.99. The van der Waals surface area contributed by atoms with Crippen molar-refractivity contribution in [3.05, 3.63) is 35.9 Å². The molecule has 6 nitrogen and oxygen atoms in total. The molecule has 0 aliphatic heterocycles. The van der Waals surface area contributed by atoms with E-state index in [0.717, 1.165) is 0 Å². The van der Waals surface area contributed by atoms with Gasteiger partial charge >= 0.3 is 5.97 Å². The average molecular weight is 204 g/mol. The fraction of sp³-hybridized carbons (Fsp3) is 0.111. The summed E-state index contributed by atoms with van der Waals surface area (Å²) < 4.78 is 1.39. The summed E-state index contributed by atoms with van der Waals surface area (Å²) in [6.07, 6.45) is 3.15. The van der Waals surface area contributed by atoms with Crippen LogP contribution in [-0.4, -0.2) is 30.8 Å². The van der Waals surface area contributed by atoms with Gasteiger partial charge in [0.1, 0.15) is 0 Å². The molecular weight excluding hydrogens is 196 g/mol. The summed E-state index contributed by atoms with van der Waals surface area (Å²) in [6.45, 7) is 1.75. The molecule has 6 heteroatoms. The molecule has 15 heavy (non-hydrogen) atoms. The Kier molecular flexibility index (Phi) is 2.17. The predicted molar refractivity (Wildman–Crippen MR) is 50.9 cm³/mol. The number of nitrogens with zero attached hydrogens (tertiary/aromatic N) is 4. The lowest BCUT2D eigenvalue weighted by Crippen LogP contribution is -2.05. The molecule has 1 N–H and O–H groups in total. The fourth-order valence-electron chi connectivity index (χ4n) is 1.18. The minimum absolute atomic E-state index is 0.0139. The standard InChI is InChI=1S/C9H8N4O2/c1-6-5-7(8(14)15)12-13(6)9-10-3-2-4-11-9/h2-5H,1H3,(H,14,15). The number of carbonyl (C=O) groups is 1. The Labute approximate surface area is 85.2 Å². The van der Waals surface area contributed by atoms with E-state index in [1.807, 2.05) is 0 Å². The lowest BCUT2D eigenvalue weighted by atomic mass is 10.4. The van der Waals surface area contributed by atoms with Gasteiger partial charge in [-0.1, -0.05) is 0 Å². The molecule has 0 amide bonds. The molecule has 0 saturated heterocycles. The van der Waals surface area contributed by atoms with E-state index in [1.165, 1.54) is 10.7 Å². The van der Waals surface area contributed by atoms with Crippen molar-refractivity contribution in [3.63, 3.8) is 0 Å². The van der Waals surface area contributed by atoms with Gasteiger partial charge in [0.2, 0.25) is 0 Å². The number of aromatic carboxylic acids is 1. The van der Waals surface area contributed by atoms with Gasteiger partial charge in [0.05, 0.1) is 0 Å². The maximum atomic E-state index is 10.7. The van der Waals surface area contributed by atoms with Gasteiger partial charge in [0, 0.05) is 18.1 Å². The van der Waals surface area contributed by atoms with Crippen LogP contribution < -0.4 is 0 Å². The molecular formula is C9H8N4O2. The molecule has 0 aliphatic rings. The summed E-state index contributed by atoms with van der Waals surface area (Å²) in [5.41, 5.74) is 0.665. The van der Waals surface area contributed by atoms with Crippen molar-refractivity contribution in [3.8, 4) is 5.95 Å². The van der Waals surface area contributed by atoms with Crippen molar-refractivity contribution < 1.29 is 9.90 Å². The number of rotatable bonds is 2. The molecule has 0 unspecified atom stereocenters. The van der Waals surface area contributed by atoms with Crippen LogP contribution in [0, 0.1) is 6.92 Å². The topological polar surface area (TPSA) is 80.9 Å². The van der Waals surface area contributed by atoms with Crippen LogP contribution in [0.15, 0.2) is 24.5 Å². The van der Waals surface area contributed by atoms with E-state index in [4.69, 9.17) is 5.11 Å². The summed E-state index contributed by atoms with van der Waals surface area (Å²) in [5, 5.41) is 12.6. The predicted octanol–water partition coefficient (Wildman–Crippen LogP) is 0.669. The van der Waals surface area contributed by atoms with Gasteiger partial charge in [-0.3, -0.25) is 0 Å². The summed E-state index contributed by atoms with van der Waals surface area (Å²) in [6, 6.07) is 3.15. The maximum absolute atomic E-state index is 10.7. The van der Waals surface area contributed by atoms with Crippen molar-refractivity contribution in [1.29, 1.82) is 0 Å². The monoisotopic (exact) mass is 204 g/mol. The lowest BCUT2D eigenvalue weighted by molar-refractivity contribution is 0.0690. The van der Waals surface area contributed by atoms with Gasteiger partial charge in [-0.15, -0.1) is 0 Å². The van der Waals surface area contributed by atoms with Gasteiger partial charge in [-0.2, -0.15) is 5.10 Å². The number of carboxylic acid groups (broad SMARTS) is 1. The fourth-order valence-corrected chi connectivity index (χ4v) is 1.18. The summed E-state index contributed by atoms with van der Waals surface area (Å²) in [4.78, 5) is 18.6. The van der Waals surface area contributed by atoms with Gasteiger partial charge in [-0.25, -0.2) is 19.4 Å². The van der Waals surface area contributed by atoms with E-state index in [-0.39, 0.29) is 5.69 Å². The Morgan fingerprint density at radius 3 is 2.60 bits per heavy atom. The largest absolute Gasteiger partial charge is 0.476 e. The quantitative estimate of drug-likeness (QED) is 0.777. The minimum atomic E-state index is -1.06. The Morgan fingerprint density at radius 1 is 1.40 bits per heavy atom. The number of carboxylic acids is 1. The zero-order chi connectivity index (χ0) is 10.8. The molecule has 0 spiro atoms. The number of aryl methyl sites for hydroxylation is 1. The molecule has 76 valence electrons. The molecule has 2 heterocycles. The molecule has 0 radical (unpaired) electrons. The molecule has 0 saturated carbocycles. The van der Waals surface area contributed by atoms with Crippen LogP contribution in [0.3, 0.4) is 0 Å². The van der Waals surface area contributed by atoms with E-state index >= 15 is 0 Å². The van der Waals surface area contributed by atoms with Crippen LogP contribution in [-0.2, 0) is 0 Å². The average Bonchev–Trinajstić information content (AvgIpc) is 2.62. The minimum Gasteiger partial charge on any atom is -0.476 e. The van der Waals surface area contributed by atoms with Gasteiger partial charge < -0.3 is 5.11 Å². The highest BCUT2D eigenvalue weighted by molar-refractivity contribution is 5.85. The first kappa shape index (κ1) is 9.32. The third-order valence-electron chi connectivity index (χ3n) is 1.85. The Bertz CT molecular complexity index is 492. The maximum Gasteiger partial charge on any atom is 0.356 e. The van der Waals surface area contributed by atoms with Crippen molar-refractivity contribution in [2.75, 3.05) is 0 Å². The smallest absolute Gasteiger partial charge is 0.356 e. The highest BCUT2D eigenvalue weighted by Gasteiger charge is 2.12. The van der Waals surface area contributed by atoms with E-state index in [9.17, 15) is 4.79 Å². The van der Waals surface area contributed by atoms with Crippen LogP contribution in [0.25, 0.3) is 5.95 Å². The Hall–Kier alpha value is -2.24. The number of aromatic nitrogens is 4. The molecule has 2 aromatic rings. The second-order valence-electron chi connectivity index (χ2n) is 2.94. The molecule has 0 aromatic carbocycles. The molecule has 2 aromatic heterocycles. The Balaban J connectivity index is 2.50. The zero-order valence-corrected chi connectivity index (χ0v) is 7.95. The molecule has 2 rings (SSSR count). The highest BCUT2D eigenvalue weighted by Crippen LogP contribution is 2.07. The summed E-state index contributed by atoms with van der Waals surface area (Å²) >= 11 is 0. The van der Waals surface area contributed by atoms with E-state index in [1.54, 1.807) is 25.4 Å². The van der Waals surface area contributed by atoms with Crippen LogP contribution in [0.5, 0.6) is 0 Å². The molecule has 0 atom stereocenters. The Morgan fingerprint density at radius 2 is 2.07 bits per heavy atom. The van der Waals surface area contributed by atoms with Gasteiger partial charge in [0.15, 0.2) is 5.69 Å². The first-order chi connectivity index (χ1) is 7.18. The van der Waals surface area contributed by atoms with Crippen LogP contribution in [0.1, 0.15) is 16.2 Å².